The quantitative estimate of drug-likeness (QED) is 0.295. The molecule has 0 saturated carbocycles. The molecule has 0 fully saturated rings. The van der Waals surface area contributed by atoms with Crippen LogP contribution in [0.4, 0.5) is 0 Å². The van der Waals surface area contributed by atoms with E-state index in [1.165, 1.54) is 0 Å². The molecule has 226 valence electrons. The summed E-state index contributed by atoms with van der Waals surface area (Å²) in [5.41, 5.74) is -0.574. The van der Waals surface area contributed by atoms with Crippen molar-refractivity contribution in [1.82, 2.24) is 13.8 Å². The molecule has 0 rings (SSSR count). The van der Waals surface area contributed by atoms with Gasteiger partial charge in [0.2, 0.25) is 0 Å². The molecule has 5 heteroatoms. The van der Waals surface area contributed by atoms with E-state index in [0.29, 0.717) is 0 Å². The molecule has 0 aliphatic carbocycles. The fraction of sp³-hybridized carbons (Fsp3) is 1.00. The van der Waals surface area contributed by atoms with Crippen LogP contribution in [0.3, 0.4) is 0 Å². The van der Waals surface area contributed by atoms with Crippen LogP contribution in [0.5, 0.6) is 0 Å². The van der Waals surface area contributed by atoms with Crippen LogP contribution in [-0.4, -0.2) is 58.1 Å². The molecule has 0 heterocycles. The van der Waals surface area contributed by atoms with Gasteiger partial charge in [0.15, 0.2) is 0 Å². The summed E-state index contributed by atoms with van der Waals surface area (Å²) in [7, 11) is 0. The van der Waals surface area contributed by atoms with Gasteiger partial charge in [-0.1, -0.05) is 0 Å². The van der Waals surface area contributed by atoms with E-state index in [0.717, 1.165) is 0 Å². The van der Waals surface area contributed by atoms with E-state index >= 15 is 0 Å². The number of rotatable bonds is 4. The van der Waals surface area contributed by atoms with Crippen molar-refractivity contribution in [1.29, 1.82) is 0 Å². The molecule has 0 bridgehead atoms. The Bertz CT molecular complexity index is 555. The Balaban J connectivity index is 9.26. The van der Waals surface area contributed by atoms with Crippen molar-refractivity contribution in [3.05, 3.63) is 0 Å². The van der Waals surface area contributed by atoms with E-state index < -0.39 is 17.1 Å². The van der Waals surface area contributed by atoms with E-state index in [-0.39, 0.29) is 44.3 Å². The third-order valence-corrected chi connectivity index (χ3v) is 21.4. The fourth-order valence-corrected chi connectivity index (χ4v) is 24.3. The topological polar surface area (TPSA) is 13.0 Å². The molecule has 0 aliphatic rings. The molecule has 0 atom stereocenters. The Labute approximate surface area is 240 Å². The third kappa shape index (κ3) is 8.28. The van der Waals surface area contributed by atoms with Gasteiger partial charge in [0.05, 0.1) is 0 Å². The molecule has 0 aromatic heterocycles. The van der Waals surface area contributed by atoms with Crippen molar-refractivity contribution in [3.8, 4) is 0 Å². The summed E-state index contributed by atoms with van der Waals surface area (Å²) in [6.07, 6.45) is 0. The number of hydrogen-bond donors (Lipinski definition) is 0. The van der Waals surface area contributed by atoms with Gasteiger partial charge >= 0.3 is 241 Å². The van der Waals surface area contributed by atoms with Crippen molar-refractivity contribution in [2.75, 3.05) is 0 Å². The van der Waals surface area contributed by atoms with Crippen LogP contribution in [0.15, 0.2) is 0 Å². The molecule has 37 heavy (non-hydrogen) atoms. The van der Waals surface area contributed by atoms with Gasteiger partial charge in [-0.2, -0.15) is 0 Å². The average molecular weight is 609 g/mol. The van der Waals surface area contributed by atoms with Crippen molar-refractivity contribution >= 4 is 0 Å². The predicted octanol–water partition coefficient (Wildman–Crippen LogP) is 9.40. The molecule has 0 aliphatic heterocycles. The van der Waals surface area contributed by atoms with E-state index in [4.69, 9.17) is 0 Å². The van der Waals surface area contributed by atoms with Crippen LogP contribution in [0, 0.1) is 0 Å². The van der Waals surface area contributed by atoms with Crippen molar-refractivity contribution in [2.24, 2.45) is 0 Å². The first-order valence-corrected chi connectivity index (χ1v) is 18.1. The Kier molecular flexibility index (Phi) is 10.6. The van der Waals surface area contributed by atoms with Crippen LogP contribution >= 0.6 is 0 Å². The van der Waals surface area contributed by atoms with Gasteiger partial charge in [-0.25, -0.2) is 0 Å². The summed E-state index contributed by atoms with van der Waals surface area (Å²) in [6.45, 7) is 58.9. The summed E-state index contributed by atoms with van der Waals surface area (Å²) in [5, 5.41) is 0. The first kappa shape index (κ1) is 37.5. The van der Waals surface area contributed by atoms with Crippen LogP contribution < -0.4 is 0 Å². The van der Waals surface area contributed by atoms with Gasteiger partial charge in [0, 0.05) is 0 Å². The monoisotopic (exact) mass is 610 g/mol. The zero-order valence-electron chi connectivity index (χ0n) is 30.2. The molecule has 0 radical (unpaired) electrons. The van der Waals surface area contributed by atoms with Gasteiger partial charge in [-0.05, 0) is 0 Å². The molecule has 4 nitrogen and oxygen atoms in total. The molecule has 0 saturated heterocycles. The molecule has 0 aromatic carbocycles. The van der Waals surface area contributed by atoms with Crippen molar-refractivity contribution < 1.29 is 17.1 Å². The SMILES string of the molecule is CC(C)(C)[N](C(C)(C)C)[Mo]([N](C(C)(C)C)C(C)(C)C)([N](C(C)(C)C)C(C)(C)C)[N](C(C)(C)C)C(C)(C)C. The molecule has 0 amide bonds. The van der Waals surface area contributed by atoms with Crippen LogP contribution in [0.2, 0.25) is 0 Å². The average Bonchev–Trinajstić information content (AvgIpc) is 2.30. The van der Waals surface area contributed by atoms with Gasteiger partial charge in [0.1, 0.15) is 0 Å². The Morgan fingerprint density at radius 2 is 0.297 bits per heavy atom. The maximum atomic E-state index is 3.03. The number of hydrogen-bond acceptors (Lipinski definition) is 4. The van der Waals surface area contributed by atoms with Gasteiger partial charge < -0.3 is 0 Å². The Hall–Kier alpha value is 0.528. The van der Waals surface area contributed by atoms with Gasteiger partial charge in [-0.15, -0.1) is 0 Å². The van der Waals surface area contributed by atoms with E-state index in [2.05, 4.69) is 180 Å². The number of nitrogens with zero attached hydrogens (tertiary/aromatic N) is 4. The van der Waals surface area contributed by atoms with E-state index in [9.17, 15) is 0 Å². The van der Waals surface area contributed by atoms with E-state index in [1.54, 1.807) is 0 Å². The minimum atomic E-state index is -3.96. The summed E-state index contributed by atoms with van der Waals surface area (Å²) in [6, 6.07) is 0. The van der Waals surface area contributed by atoms with Crippen molar-refractivity contribution in [3.63, 3.8) is 0 Å². The molecule has 0 unspecified atom stereocenters. The minimum absolute atomic E-state index is 0.0718. The normalized spacial score (nSPS) is 17.0. The molecular weight excluding hydrogens is 536 g/mol. The second-order valence-corrected chi connectivity index (χ2v) is 25.0. The van der Waals surface area contributed by atoms with Crippen LogP contribution in [0.25, 0.3) is 0 Å². The predicted molar refractivity (Wildman–Crippen MR) is 165 cm³/mol. The standard InChI is InChI=1S/4C8H18N.Mo/c4*1-7(2,3)9-8(4,5)6;/h4*1-6H3;/q4*-1;+4. The van der Waals surface area contributed by atoms with Crippen molar-refractivity contribution in [2.45, 2.75) is 210 Å². The molecule has 0 aromatic rings. The third-order valence-electron chi connectivity index (χ3n) is 5.85. The summed E-state index contributed by atoms with van der Waals surface area (Å²) >= 11 is -3.96. The zero-order chi connectivity index (χ0) is 30.8. The van der Waals surface area contributed by atoms with Crippen LogP contribution in [-0.2, 0) is 17.1 Å². The zero-order valence-corrected chi connectivity index (χ0v) is 32.2. The van der Waals surface area contributed by atoms with Gasteiger partial charge in [-0.3, -0.25) is 0 Å². The first-order chi connectivity index (χ1) is 15.5. The van der Waals surface area contributed by atoms with Crippen LogP contribution in [0.1, 0.15) is 166 Å². The summed E-state index contributed by atoms with van der Waals surface area (Å²) < 4.78 is 12.1. The summed E-state index contributed by atoms with van der Waals surface area (Å²) in [5.74, 6) is 0. The van der Waals surface area contributed by atoms with Gasteiger partial charge in [0.25, 0.3) is 0 Å². The Morgan fingerprint density at radius 1 is 0.216 bits per heavy atom. The maximum absolute atomic E-state index is 3.96. The second-order valence-electron chi connectivity index (χ2n) is 19.0. The molecular formula is C32H72MoN4. The molecule has 0 N–H and O–H groups in total. The summed E-state index contributed by atoms with van der Waals surface area (Å²) in [4.78, 5) is 0. The first-order valence-electron chi connectivity index (χ1n) is 14.5. The fourth-order valence-electron chi connectivity index (χ4n) is 7.45. The second kappa shape index (κ2) is 10.4. The van der Waals surface area contributed by atoms with E-state index in [1.807, 2.05) is 0 Å². The Morgan fingerprint density at radius 3 is 0.351 bits per heavy atom. The molecule has 0 spiro atoms.